The molecule has 0 fully saturated rings. The van der Waals surface area contributed by atoms with Gasteiger partial charge in [0.15, 0.2) is 0 Å². The Kier molecular flexibility index (Phi) is 13.2. The van der Waals surface area contributed by atoms with Crippen molar-refractivity contribution >= 4 is 25.7 Å². The molecule has 0 bridgehead atoms. The average molecular weight is 690 g/mol. The largest absolute Gasteiger partial charge is 0.463 e. The molecule has 1 aliphatic rings. The number of rotatable bonds is 19. The van der Waals surface area contributed by atoms with Gasteiger partial charge >= 0.3 is 0 Å². The van der Waals surface area contributed by atoms with Crippen molar-refractivity contribution in [2.24, 2.45) is 5.14 Å². The van der Waals surface area contributed by atoms with Crippen LogP contribution in [-0.2, 0) is 42.5 Å². The molecule has 1 heterocycles. The first-order chi connectivity index (χ1) is 22.3. The van der Waals surface area contributed by atoms with E-state index in [9.17, 15) is 21.9 Å². The van der Waals surface area contributed by atoms with Crippen molar-refractivity contribution in [2.45, 2.75) is 87.1 Å². The van der Waals surface area contributed by atoms with E-state index in [-0.39, 0.29) is 15.5 Å². The highest BCUT2D eigenvalue weighted by molar-refractivity contribution is 7.92. The van der Waals surface area contributed by atoms with E-state index in [2.05, 4.69) is 10.0 Å². The van der Waals surface area contributed by atoms with Crippen LogP contribution in [0.4, 0.5) is 5.69 Å². The molecular formula is C34H47N3O8S2. The van der Waals surface area contributed by atoms with E-state index in [4.69, 9.17) is 19.3 Å². The first-order valence-corrected chi connectivity index (χ1v) is 19.0. The number of aliphatic hydroxyl groups excluding tert-OH is 1. The van der Waals surface area contributed by atoms with E-state index in [0.29, 0.717) is 26.4 Å². The Balaban J connectivity index is 1.02. The van der Waals surface area contributed by atoms with Gasteiger partial charge in [0.05, 0.1) is 22.5 Å². The predicted octanol–water partition coefficient (Wildman–Crippen LogP) is 5.00. The Morgan fingerprint density at radius 1 is 0.894 bits per heavy atom. The maximum atomic E-state index is 12.9. The van der Waals surface area contributed by atoms with Gasteiger partial charge in [-0.25, -0.2) is 22.0 Å². The number of hydrogen-bond acceptors (Lipinski definition) is 9. The summed E-state index contributed by atoms with van der Waals surface area (Å²) in [5.41, 5.74) is 2.95. The minimum atomic E-state index is -3.86. The van der Waals surface area contributed by atoms with Crippen molar-refractivity contribution in [2.75, 3.05) is 31.0 Å². The van der Waals surface area contributed by atoms with Crippen molar-refractivity contribution in [1.29, 1.82) is 0 Å². The van der Waals surface area contributed by atoms with Crippen LogP contribution < -0.4 is 19.9 Å². The van der Waals surface area contributed by atoms with Crippen molar-refractivity contribution in [3.8, 4) is 5.75 Å². The minimum absolute atomic E-state index is 0.0946. The molecule has 0 spiro atoms. The normalized spacial score (nSPS) is 15.1. The molecule has 11 nitrogen and oxygen atoms in total. The number of ether oxygens (including phenoxy) is 3. The molecule has 1 aliphatic heterocycles. The van der Waals surface area contributed by atoms with Gasteiger partial charge in [-0.1, -0.05) is 31.0 Å². The van der Waals surface area contributed by atoms with Gasteiger partial charge in [0.1, 0.15) is 5.75 Å². The zero-order valence-electron chi connectivity index (χ0n) is 27.1. The molecule has 0 amide bonds. The maximum absolute atomic E-state index is 12.9. The van der Waals surface area contributed by atoms with Crippen LogP contribution in [0.5, 0.6) is 5.75 Å². The summed E-state index contributed by atoms with van der Waals surface area (Å²) in [7, 11) is -7.70. The van der Waals surface area contributed by atoms with E-state index in [1.54, 1.807) is 12.1 Å². The van der Waals surface area contributed by atoms with Gasteiger partial charge in [-0.15, -0.1) is 0 Å². The molecule has 47 heavy (non-hydrogen) atoms. The van der Waals surface area contributed by atoms with Crippen LogP contribution in [0.15, 0.2) is 76.5 Å². The predicted molar refractivity (Wildman–Crippen MR) is 181 cm³/mol. The molecule has 0 radical (unpaired) electrons. The molecule has 0 saturated heterocycles. The number of aryl methyl sites for hydroxylation is 1. The third-order valence-corrected chi connectivity index (χ3v) is 10.1. The van der Waals surface area contributed by atoms with Crippen LogP contribution in [0.1, 0.15) is 75.2 Å². The van der Waals surface area contributed by atoms with Crippen molar-refractivity contribution < 1.29 is 36.2 Å². The third-order valence-electron chi connectivity index (χ3n) is 7.78. The van der Waals surface area contributed by atoms with Crippen molar-refractivity contribution in [1.82, 2.24) is 5.32 Å². The standard InChI is InChI=1S/C34H47N3O8S2/c1-34(2)44-25-28-23-27(13-18-33(28)45-34)32(38)24-36-19-6-3-4-7-20-43-21-8-5-10-26-11-9-12-31(22-26)47(41,42)37-29-14-16-30(17-15-29)46(35,39)40/h9,11-18,22-23,32,36-38H,3-8,10,19-21,24-25H2,1-2H3,(H2,35,39,40). The van der Waals surface area contributed by atoms with E-state index in [1.807, 2.05) is 38.1 Å². The number of benzene rings is 3. The van der Waals surface area contributed by atoms with Crippen LogP contribution in [0.25, 0.3) is 0 Å². The number of nitrogens with two attached hydrogens (primary N) is 1. The highest BCUT2D eigenvalue weighted by atomic mass is 32.2. The molecule has 1 atom stereocenters. The van der Waals surface area contributed by atoms with Crippen LogP contribution >= 0.6 is 0 Å². The van der Waals surface area contributed by atoms with Gasteiger partial charge in [-0.2, -0.15) is 0 Å². The molecule has 0 aliphatic carbocycles. The Bertz CT molecular complexity index is 1660. The molecule has 0 aromatic heterocycles. The fourth-order valence-corrected chi connectivity index (χ4v) is 6.80. The van der Waals surface area contributed by atoms with Crippen molar-refractivity contribution in [3.63, 3.8) is 0 Å². The SMILES string of the molecule is CC1(C)OCc2cc(C(O)CNCCCCCCOCCCCc3cccc(S(=O)(=O)Nc4ccc(S(N)(=O)=O)cc4)c3)ccc2O1. The van der Waals surface area contributed by atoms with Gasteiger partial charge < -0.3 is 24.6 Å². The van der Waals surface area contributed by atoms with Gasteiger partial charge in [-0.05, 0) is 98.3 Å². The quantitative estimate of drug-likeness (QED) is 0.127. The summed E-state index contributed by atoms with van der Waals surface area (Å²) >= 11 is 0. The number of aliphatic hydroxyl groups is 1. The topological polar surface area (TPSA) is 166 Å². The first kappa shape index (κ1) is 36.8. The third kappa shape index (κ3) is 11.9. The Hall–Kier alpha value is -3.04. The first-order valence-electron chi connectivity index (χ1n) is 16.0. The summed E-state index contributed by atoms with van der Waals surface area (Å²) in [5, 5.41) is 19.0. The van der Waals surface area contributed by atoms with Crippen LogP contribution in [0, 0.1) is 0 Å². The molecule has 0 saturated carbocycles. The Morgan fingerprint density at radius 2 is 1.62 bits per heavy atom. The van der Waals surface area contributed by atoms with Gasteiger partial charge in [0, 0.05) is 44.9 Å². The van der Waals surface area contributed by atoms with Crippen LogP contribution in [0.3, 0.4) is 0 Å². The van der Waals surface area contributed by atoms with Crippen LogP contribution in [-0.4, -0.2) is 54.0 Å². The summed E-state index contributed by atoms with van der Waals surface area (Å²) < 4.78 is 68.3. The second kappa shape index (κ2) is 16.9. The Labute approximate surface area is 278 Å². The van der Waals surface area contributed by atoms with Gasteiger partial charge in [0.25, 0.3) is 10.0 Å². The van der Waals surface area contributed by atoms with Crippen LogP contribution in [0.2, 0.25) is 0 Å². The highest BCUT2D eigenvalue weighted by Gasteiger charge is 2.27. The molecule has 3 aromatic carbocycles. The lowest BCUT2D eigenvalue weighted by molar-refractivity contribution is -0.180. The summed E-state index contributed by atoms with van der Waals surface area (Å²) in [6, 6.07) is 17.8. The summed E-state index contributed by atoms with van der Waals surface area (Å²) in [6.07, 6.45) is 6.08. The van der Waals surface area contributed by atoms with Gasteiger partial charge in [0.2, 0.25) is 15.8 Å². The number of sulfonamides is 2. The summed E-state index contributed by atoms with van der Waals surface area (Å²) in [4.78, 5) is 0.0424. The Morgan fingerprint density at radius 3 is 2.36 bits per heavy atom. The zero-order valence-corrected chi connectivity index (χ0v) is 28.7. The number of fused-ring (bicyclic) bond motifs is 1. The number of unbranched alkanes of at least 4 members (excludes halogenated alkanes) is 4. The number of hydrogen-bond donors (Lipinski definition) is 4. The molecule has 1 unspecified atom stereocenters. The maximum Gasteiger partial charge on any atom is 0.261 e. The lowest BCUT2D eigenvalue weighted by Crippen LogP contribution is -2.35. The summed E-state index contributed by atoms with van der Waals surface area (Å²) in [5.74, 6) is 0.171. The molecule has 4 rings (SSSR count). The zero-order chi connectivity index (χ0) is 33.9. The van der Waals surface area contributed by atoms with Crippen molar-refractivity contribution in [3.05, 3.63) is 83.4 Å². The second-order valence-corrected chi connectivity index (χ2v) is 15.4. The fourth-order valence-electron chi connectivity index (χ4n) is 5.16. The van der Waals surface area contributed by atoms with Gasteiger partial charge in [-0.3, -0.25) is 4.72 Å². The molecule has 3 aromatic rings. The van der Waals surface area contributed by atoms with E-state index >= 15 is 0 Å². The molecule has 13 heteroatoms. The number of primary sulfonamides is 1. The average Bonchev–Trinajstić information content (AvgIpc) is 3.02. The number of nitrogens with one attached hydrogen (secondary N) is 2. The molecular weight excluding hydrogens is 643 g/mol. The minimum Gasteiger partial charge on any atom is -0.463 e. The lowest BCUT2D eigenvalue weighted by Gasteiger charge is -2.33. The van der Waals surface area contributed by atoms with E-state index in [1.165, 1.54) is 30.3 Å². The van der Waals surface area contributed by atoms with E-state index in [0.717, 1.165) is 73.9 Å². The summed E-state index contributed by atoms with van der Waals surface area (Å²) in [6.45, 7) is 6.94. The number of anilines is 1. The fraction of sp³-hybridized carbons (Fsp3) is 0.471. The molecule has 258 valence electrons. The monoisotopic (exact) mass is 689 g/mol. The lowest BCUT2D eigenvalue weighted by atomic mass is 10.0. The second-order valence-electron chi connectivity index (χ2n) is 12.2. The highest BCUT2D eigenvalue weighted by Crippen LogP contribution is 2.33. The molecule has 5 N–H and O–H groups in total. The smallest absolute Gasteiger partial charge is 0.261 e. The van der Waals surface area contributed by atoms with E-state index < -0.39 is 31.9 Å².